The van der Waals surface area contributed by atoms with Crippen LogP contribution < -0.4 is 16.2 Å². The Morgan fingerprint density at radius 2 is 1.94 bits per heavy atom. The predicted octanol–water partition coefficient (Wildman–Crippen LogP) is 0.660. The van der Waals surface area contributed by atoms with Gasteiger partial charge in [-0.15, -0.1) is 0 Å². The van der Waals surface area contributed by atoms with Crippen LogP contribution in [-0.2, 0) is 0 Å². The van der Waals surface area contributed by atoms with E-state index in [-0.39, 0.29) is 17.5 Å². The van der Waals surface area contributed by atoms with Crippen molar-refractivity contribution in [3.05, 3.63) is 42.1 Å². The van der Waals surface area contributed by atoms with Crippen LogP contribution in [0.5, 0.6) is 5.88 Å². The van der Waals surface area contributed by atoms with Crippen molar-refractivity contribution in [3.63, 3.8) is 0 Å². The summed E-state index contributed by atoms with van der Waals surface area (Å²) in [6.07, 6.45) is 2.39. The minimum absolute atomic E-state index is 0.0310. The van der Waals surface area contributed by atoms with Crippen LogP contribution in [0.2, 0.25) is 0 Å². The van der Waals surface area contributed by atoms with Gasteiger partial charge in [0.15, 0.2) is 0 Å². The monoisotopic (exact) mass is 229 g/mol. The molecule has 17 heavy (non-hydrogen) atoms. The third-order valence-electron chi connectivity index (χ3n) is 1.94. The van der Waals surface area contributed by atoms with E-state index in [2.05, 4.69) is 16.2 Å². The molecule has 2 rings (SSSR count). The van der Waals surface area contributed by atoms with Crippen molar-refractivity contribution in [2.45, 2.75) is 0 Å². The molecule has 1 aromatic carbocycles. The number of benzene rings is 1. The molecule has 1 aromatic heterocycles. The highest BCUT2D eigenvalue weighted by atomic mass is 16.5. The first kappa shape index (κ1) is 10.9. The van der Waals surface area contributed by atoms with E-state index in [9.17, 15) is 4.79 Å². The van der Waals surface area contributed by atoms with E-state index in [4.69, 9.17) is 16.2 Å². The first-order chi connectivity index (χ1) is 8.16. The predicted molar refractivity (Wildman–Crippen MR) is 61.1 cm³/mol. The number of anilines is 2. The molecule has 0 spiro atoms. The first-order valence-corrected chi connectivity index (χ1v) is 4.74. The SMILES string of the molecule is Nc1n[c]c(N)c(OC(=O)c2ccccc2)n1. The molecule has 1 radical (unpaired) electrons. The molecule has 0 amide bonds. The fourth-order valence-electron chi connectivity index (χ4n) is 1.15. The summed E-state index contributed by atoms with van der Waals surface area (Å²) in [6, 6.07) is 8.47. The van der Waals surface area contributed by atoms with Gasteiger partial charge < -0.3 is 16.2 Å². The van der Waals surface area contributed by atoms with E-state index in [0.29, 0.717) is 5.56 Å². The van der Waals surface area contributed by atoms with Crippen molar-refractivity contribution in [2.75, 3.05) is 11.5 Å². The fourth-order valence-corrected chi connectivity index (χ4v) is 1.15. The van der Waals surface area contributed by atoms with Gasteiger partial charge in [-0.05, 0) is 12.1 Å². The molecule has 0 saturated carbocycles. The van der Waals surface area contributed by atoms with Crippen LogP contribution in [0.4, 0.5) is 11.6 Å². The van der Waals surface area contributed by atoms with Crippen LogP contribution in [0.3, 0.4) is 0 Å². The number of nitrogen functional groups attached to an aromatic ring is 2. The molecule has 0 saturated heterocycles. The van der Waals surface area contributed by atoms with Gasteiger partial charge >= 0.3 is 5.97 Å². The molecule has 2 aromatic rings. The minimum Gasteiger partial charge on any atom is -0.401 e. The van der Waals surface area contributed by atoms with Crippen LogP contribution in [-0.4, -0.2) is 15.9 Å². The van der Waals surface area contributed by atoms with Gasteiger partial charge in [-0.25, -0.2) is 9.78 Å². The van der Waals surface area contributed by atoms with Crippen molar-refractivity contribution in [2.24, 2.45) is 0 Å². The molecule has 0 atom stereocenters. The number of hydrogen-bond donors (Lipinski definition) is 2. The maximum Gasteiger partial charge on any atom is 0.344 e. The Morgan fingerprint density at radius 3 is 2.65 bits per heavy atom. The number of carbonyl (C=O) groups excluding carboxylic acids is 1. The molecule has 0 fully saturated rings. The molecular formula is C11H9N4O2. The second-order valence-electron chi connectivity index (χ2n) is 3.17. The molecule has 4 N–H and O–H groups in total. The van der Waals surface area contributed by atoms with Crippen LogP contribution >= 0.6 is 0 Å². The van der Waals surface area contributed by atoms with Gasteiger partial charge in [0.2, 0.25) is 5.95 Å². The van der Waals surface area contributed by atoms with E-state index in [0.717, 1.165) is 0 Å². The fraction of sp³-hybridized carbons (Fsp3) is 0. The van der Waals surface area contributed by atoms with E-state index in [1.807, 2.05) is 0 Å². The first-order valence-electron chi connectivity index (χ1n) is 4.74. The van der Waals surface area contributed by atoms with Gasteiger partial charge in [0.05, 0.1) is 5.56 Å². The van der Waals surface area contributed by atoms with Crippen molar-refractivity contribution in [1.82, 2.24) is 9.97 Å². The number of ether oxygens (including phenoxy) is 1. The second kappa shape index (κ2) is 4.48. The van der Waals surface area contributed by atoms with E-state index < -0.39 is 5.97 Å². The molecule has 1 heterocycles. The van der Waals surface area contributed by atoms with E-state index >= 15 is 0 Å². The van der Waals surface area contributed by atoms with Crippen LogP contribution in [0.25, 0.3) is 0 Å². The zero-order valence-electron chi connectivity index (χ0n) is 8.75. The van der Waals surface area contributed by atoms with Crippen LogP contribution in [0.15, 0.2) is 30.3 Å². The number of nitrogens with two attached hydrogens (primary N) is 2. The molecule has 0 unspecified atom stereocenters. The van der Waals surface area contributed by atoms with Gasteiger partial charge in [0.1, 0.15) is 11.9 Å². The Balaban J connectivity index is 2.22. The maximum absolute atomic E-state index is 11.7. The normalized spacial score (nSPS) is 9.88. The average molecular weight is 229 g/mol. The highest BCUT2D eigenvalue weighted by Crippen LogP contribution is 2.18. The minimum atomic E-state index is -0.566. The van der Waals surface area contributed by atoms with E-state index in [1.165, 1.54) is 0 Å². The third kappa shape index (κ3) is 2.49. The van der Waals surface area contributed by atoms with Crippen LogP contribution in [0.1, 0.15) is 10.4 Å². The summed E-state index contributed by atoms with van der Waals surface area (Å²) in [5, 5.41) is 0. The van der Waals surface area contributed by atoms with Gasteiger partial charge in [-0.1, -0.05) is 18.2 Å². The smallest absolute Gasteiger partial charge is 0.344 e. The molecule has 0 bridgehead atoms. The van der Waals surface area contributed by atoms with Crippen molar-refractivity contribution >= 4 is 17.6 Å². The molecular weight excluding hydrogens is 220 g/mol. The lowest BCUT2D eigenvalue weighted by Crippen LogP contribution is -2.12. The largest absolute Gasteiger partial charge is 0.401 e. The lowest BCUT2D eigenvalue weighted by molar-refractivity contribution is 0.0729. The Bertz CT molecular complexity index is 542. The highest BCUT2D eigenvalue weighted by molar-refractivity contribution is 5.91. The molecule has 6 nitrogen and oxygen atoms in total. The Labute approximate surface area is 97.2 Å². The number of nitrogens with zero attached hydrogens (tertiary/aromatic N) is 2. The van der Waals surface area contributed by atoms with E-state index in [1.54, 1.807) is 30.3 Å². The van der Waals surface area contributed by atoms with Crippen molar-refractivity contribution in [1.29, 1.82) is 0 Å². The second-order valence-corrected chi connectivity index (χ2v) is 3.17. The summed E-state index contributed by atoms with van der Waals surface area (Å²) in [5.41, 5.74) is 11.3. The number of rotatable bonds is 2. The Hall–Kier alpha value is -2.63. The van der Waals surface area contributed by atoms with Gasteiger partial charge in [0.25, 0.3) is 5.88 Å². The summed E-state index contributed by atoms with van der Waals surface area (Å²) in [7, 11) is 0. The summed E-state index contributed by atoms with van der Waals surface area (Å²) in [6.45, 7) is 0. The van der Waals surface area contributed by atoms with Gasteiger partial charge in [-0.3, -0.25) is 0 Å². The summed E-state index contributed by atoms with van der Waals surface area (Å²) in [4.78, 5) is 18.9. The Kier molecular flexibility index (Phi) is 2.87. The van der Waals surface area contributed by atoms with Crippen molar-refractivity contribution < 1.29 is 9.53 Å². The maximum atomic E-state index is 11.7. The summed E-state index contributed by atoms with van der Waals surface area (Å²) in [5.74, 6) is -0.717. The highest BCUT2D eigenvalue weighted by Gasteiger charge is 2.12. The molecule has 0 aliphatic heterocycles. The van der Waals surface area contributed by atoms with Gasteiger partial charge in [0, 0.05) is 0 Å². The zero-order chi connectivity index (χ0) is 12.3. The molecule has 6 heteroatoms. The van der Waals surface area contributed by atoms with Gasteiger partial charge in [-0.2, -0.15) is 4.98 Å². The van der Waals surface area contributed by atoms with Crippen LogP contribution in [0, 0.1) is 6.20 Å². The number of hydrogen-bond acceptors (Lipinski definition) is 6. The van der Waals surface area contributed by atoms with Crippen molar-refractivity contribution in [3.8, 4) is 5.88 Å². The number of esters is 1. The zero-order valence-corrected chi connectivity index (χ0v) is 8.75. The lowest BCUT2D eigenvalue weighted by Gasteiger charge is -2.05. The topological polar surface area (TPSA) is 104 Å². The third-order valence-corrected chi connectivity index (χ3v) is 1.94. The summed E-state index contributed by atoms with van der Waals surface area (Å²) < 4.78 is 4.99. The lowest BCUT2D eigenvalue weighted by atomic mass is 10.2. The molecule has 0 aliphatic rings. The standard InChI is InChI=1S/C11H9N4O2/c12-8-6-14-11(13)15-9(8)17-10(16)7-4-2-1-3-5-7/h1-5H,12H2,(H2,13,14,15). The number of aromatic nitrogens is 2. The molecule has 0 aliphatic carbocycles. The summed E-state index contributed by atoms with van der Waals surface area (Å²) >= 11 is 0. The average Bonchev–Trinajstić information content (AvgIpc) is 2.35. The quantitative estimate of drug-likeness (QED) is 0.733. The number of carbonyl (C=O) groups is 1. The Morgan fingerprint density at radius 1 is 1.24 bits per heavy atom. The molecule has 85 valence electrons.